The number of anilines is 3. The van der Waals surface area contributed by atoms with Crippen LogP contribution in [0, 0.1) is 0 Å². The molecule has 0 unspecified atom stereocenters. The molecule has 8 aromatic rings. The Morgan fingerprint density at radius 1 is 0.420 bits per heavy atom. The van der Waals surface area contributed by atoms with Gasteiger partial charge in [0.1, 0.15) is 0 Å². The van der Waals surface area contributed by atoms with Crippen molar-refractivity contribution in [2.24, 2.45) is 0 Å². The van der Waals surface area contributed by atoms with Crippen molar-refractivity contribution >= 4 is 62.1 Å². The van der Waals surface area contributed by atoms with Gasteiger partial charge in [0, 0.05) is 46.8 Å². The van der Waals surface area contributed by atoms with Crippen molar-refractivity contribution in [3.8, 4) is 33.4 Å². The summed E-state index contributed by atoms with van der Waals surface area (Å²) in [6, 6.07) is 58.8. The van der Waals surface area contributed by atoms with Gasteiger partial charge in [-0.2, -0.15) is 0 Å². The van der Waals surface area contributed by atoms with E-state index in [-0.39, 0.29) is 0 Å². The molecule has 0 radical (unpaired) electrons. The Bertz CT molecular complexity index is 2470. The summed E-state index contributed by atoms with van der Waals surface area (Å²) in [5, 5.41) is 5.18. The first-order valence-electron chi connectivity index (χ1n) is 17.4. The van der Waals surface area contributed by atoms with Gasteiger partial charge >= 0.3 is 0 Å². The Balaban J connectivity index is 1.20. The lowest BCUT2D eigenvalue weighted by Crippen LogP contribution is -2.12. The van der Waals surface area contributed by atoms with Gasteiger partial charge in [-0.1, -0.05) is 146 Å². The fourth-order valence-corrected chi connectivity index (χ4v) is 10.2. The minimum atomic E-state index is 1.12. The summed E-state index contributed by atoms with van der Waals surface area (Å²) in [7, 11) is 0. The first kappa shape index (κ1) is 29.7. The van der Waals surface area contributed by atoms with Crippen molar-refractivity contribution in [2.75, 3.05) is 4.90 Å². The van der Waals surface area contributed by atoms with Gasteiger partial charge in [-0.15, -0.1) is 0 Å². The summed E-state index contributed by atoms with van der Waals surface area (Å²) in [6.45, 7) is 2.24. The van der Waals surface area contributed by atoms with Crippen molar-refractivity contribution in [3.05, 3.63) is 163 Å². The van der Waals surface area contributed by atoms with E-state index in [1.54, 1.807) is 0 Å². The molecule has 0 aliphatic carbocycles. The molecule has 50 heavy (non-hydrogen) atoms. The third kappa shape index (κ3) is 4.72. The van der Waals surface area contributed by atoms with Gasteiger partial charge in [0.05, 0.1) is 11.4 Å². The second kappa shape index (κ2) is 12.0. The van der Waals surface area contributed by atoms with Crippen LogP contribution in [0.2, 0.25) is 0 Å². The molecule has 0 bridgehead atoms. The molecule has 0 spiro atoms. The predicted octanol–water partition coefficient (Wildman–Crippen LogP) is 14.3. The molecule has 0 atom stereocenters. The average Bonchev–Trinajstić information content (AvgIpc) is 3.17. The van der Waals surface area contributed by atoms with Crippen LogP contribution < -0.4 is 4.90 Å². The molecule has 238 valence electrons. The van der Waals surface area contributed by atoms with E-state index in [9.17, 15) is 0 Å². The molecule has 3 heteroatoms. The molecular weight excluding hydrogens is 643 g/mol. The molecular formula is C47H33NS2. The maximum atomic E-state index is 2.50. The van der Waals surface area contributed by atoms with Crippen LogP contribution in [0.5, 0.6) is 0 Å². The minimum Gasteiger partial charge on any atom is -0.309 e. The van der Waals surface area contributed by atoms with E-state index in [0.717, 1.165) is 18.5 Å². The zero-order valence-corrected chi connectivity index (χ0v) is 29.3. The lowest BCUT2D eigenvalue weighted by Gasteiger charge is -2.31. The highest BCUT2D eigenvalue weighted by Gasteiger charge is 2.26. The van der Waals surface area contributed by atoms with Gasteiger partial charge in [0.15, 0.2) is 0 Å². The van der Waals surface area contributed by atoms with Gasteiger partial charge in [-0.05, 0) is 93.9 Å². The highest BCUT2D eigenvalue weighted by molar-refractivity contribution is 8.00. The smallest absolute Gasteiger partial charge is 0.0541 e. The topological polar surface area (TPSA) is 3.24 Å². The summed E-state index contributed by atoms with van der Waals surface area (Å²) in [4.78, 5) is 7.75. The number of hydrogen-bond acceptors (Lipinski definition) is 3. The van der Waals surface area contributed by atoms with E-state index >= 15 is 0 Å². The zero-order valence-electron chi connectivity index (χ0n) is 27.7. The van der Waals surface area contributed by atoms with Gasteiger partial charge in [0.2, 0.25) is 0 Å². The Hall–Kier alpha value is -5.22. The summed E-state index contributed by atoms with van der Waals surface area (Å²) in [5.41, 5.74) is 12.6. The third-order valence-corrected chi connectivity index (χ3v) is 12.5. The molecule has 10 rings (SSSR count). The first-order chi connectivity index (χ1) is 24.7. The van der Waals surface area contributed by atoms with Crippen LogP contribution in [0.3, 0.4) is 0 Å². The SMILES string of the molecule is CCCc1ccc(-c2ccc(N(c3ccc4c5c(cccc35)Sc3ccccc3-4)c3ccc4c5c(cccc35)Sc3ccccc3-4)cc2)cc1. The number of hydrogen-bond donors (Lipinski definition) is 0. The molecule has 0 aromatic heterocycles. The maximum Gasteiger partial charge on any atom is 0.0541 e. The molecule has 1 nitrogen and oxygen atoms in total. The predicted molar refractivity (Wildman–Crippen MR) is 215 cm³/mol. The summed E-state index contributed by atoms with van der Waals surface area (Å²) < 4.78 is 0. The molecule has 2 aliphatic heterocycles. The molecule has 2 aliphatic rings. The Morgan fingerprint density at radius 2 is 0.900 bits per heavy atom. The van der Waals surface area contributed by atoms with Crippen LogP contribution in [0.4, 0.5) is 17.1 Å². The largest absolute Gasteiger partial charge is 0.309 e. The molecule has 0 saturated heterocycles. The van der Waals surface area contributed by atoms with Crippen molar-refractivity contribution in [1.82, 2.24) is 0 Å². The van der Waals surface area contributed by atoms with Crippen LogP contribution >= 0.6 is 23.5 Å². The summed E-state index contributed by atoms with van der Waals surface area (Å²) >= 11 is 3.76. The van der Waals surface area contributed by atoms with E-state index < -0.39 is 0 Å². The Morgan fingerprint density at radius 3 is 1.42 bits per heavy atom. The monoisotopic (exact) mass is 675 g/mol. The molecule has 2 heterocycles. The number of rotatable bonds is 6. The van der Waals surface area contributed by atoms with Crippen LogP contribution in [0.15, 0.2) is 177 Å². The summed E-state index contributed by atoms with van der Waals surface area (Å²) in [5.74, 6) is 0. The lowest BCUT2D eigenvalue weighted by atomic mass is 9.94. The average molecular weight is 676 g/mol. The standard InChI is InChI=1S/C47H33NS2/c1-2-9-30-18-20-31(21-19-30)32-22-24-33(25-23-32)48(40-28-26-36-34-10-3-5-14-42(34)49-44-16-7-12-38(40)46(36)44)41-29-27-37-35-11-4-6-15-43(35)50-45-17-8-13-39(41)47(37)45/h3-8,10-29H,2,9H2,1H3. The minimum absolute atomic E-state index is 1.12. The molecule has 0 fully saturated rings. The molecule has 0 amide bonds. The molecule has 0 N–H and O–H groups in total. The number of aryl methyl sites for hydroxylation is 1. The van der Waals surface area contributed by atoms with Crippen LogP contribution in [0.25, 0.3) is 54.9 Å². The van der Waals surface area contributed by atoms with E-state index in [0.29, 0.717) is 0 Å². The van der Waals surface area contributed by atoms with E-state index in [1.165, 1.54) is 91.4 Å². The maximum absolute atomic E-state index is 2.50. The van der Waals surface area contributed by atoms with Gasteiger partial charge < -0.3 is 4.90 Å². The van der Waals surface area contributed by atoms with Gasteiger partial charge in [0.25, 0.3) is 0 Å². The fraction of sp³-hybridized carbons (Fsp3) is 0.0638. The van der Waals surface area contributed by atoms with E-state index in [2.05, 4.69) is 170 Å². The van der Waals surface area contributed by atoms with E-state index in [1.807, 2.05) is 23.5 Å². The second-order valence-corrected chi connectivity index (χ2v) is 15.3. The van der Waals surface area contributed by atoms with Gasteiger partial charge in [-0.3, -0.25) is 0 Å². The number of benzene rings is 8. The highest BCUT2D eigenvalue weighted by atomic mass is 32.2. The number of nitrogens with zero attached hydrogens (tertiary/aromatic N) is 1. The Labute approximate surface area is 301 Å². The van der Waals surface area contributed by atoms with Crippen molar-refractivity contribution in [3.63, 3.8) is 0 Å². The van der Waals surface area contributed by atoms with Crippen molar-refractivity contribution in [2.45, 2.75) is 39.3 Å². The second-order valence-electron chi connectivity index (χ2n) is 13.1. The van der Waals surface area contributed by atoms with Gasteiger partial charge in [-0.25, -0.2) is 0 Å². The normalized spacial score (nSPS) is 12.5. The molecule has 0 saturated carbocycles. The lowest BCUT2D eigenvalue weighted by molar-refractivity contribution is 0.922. The van der Waals surface area contributed by atoms with Crippen molar-refractivity contribution in [1.29, 1.82) is 0 Å². The zero-order chi connectivity index (χ0) is 33.2. The number of fused-ring (bicyclic) bond motifs is 4. The van der Waals surface area contributed by atoms with Crippen LogP contribution in [0.1, 0.15) is 18.9 Å². The fourth-order valence-electron chi connectivity index (χ4n) is 7.88. The Kier molecular flexibility index (Phi) is 7.11. The quantitative estimate of drug-likeness (QED) is 0.173. The van der Waals surface area contributed by atoms with Crippen LogP contribution in [-0.4, -0.2) is 0 Å². The van der Waals surface area contributed by atoms with Crippen LogP contribution in [-0.2, 0) is 6.42 Å². The summed E-state index contributed by atoms with van der Waals surface area (Å²) in [6.07, 6.45) is 2.28. The van der Waals surface area contributed by atoms with E-state index in [4.69, 9.17) is 0 Å². The molecule has 8 aromatic carbocycles. The third-order valence-electron chi connectivity index (χ3n) is 10.2. The van der Waals surface area contributed by atoms with Crippen molar-refractivity contribution < 1.29 is 0 Å². The highest BCUT2D eigenvalue weighted by Crippen LogP contribution is 2.54. The first-order valence-corrected chi connectivity index (χ1v) is 19.0.